The minimum atomic E-state index is -3.14. The standard InChI is InChI=1S/C31H29.C13H10.C11H17.Zr/c1-18-11-20(3)30(21(4)12-18)24-7-9-28-26(15-24)17-27-16-25(8-10-29(27)28)31-22(5)13-19(2)14-23(31)6;1-3-7-12(8-4-1)11-13-9-5-2-6-10-13;1-5-9-6-7-10(8-9)11(2,3)4;/h7-15H,17H2,1-6H3;1-10H;7-9H,5H2,1-4H3;. The van der Waals surface area contributed by atoms with Crippen molar-refractivity contribution in [3.8, 4) is 33.4 Å². The fourth-order valence-electron chi connectivity index (χ4n) is 9.94. The Morgan fingerprint density at radius 1 is 0.607 bits per heavy atom. The van der Waals surface area contributed by atoms with Crippen LogP contribution < -0.4 is 3.27 Å². The van der Waals surface area contributed by atoms with Gasteiger partial charge in [0.2, 0.25) is 0 Å². The third-order valence-corrected chi connectivity index (χ3v) is 20.3. The fourth-order valence-corrected chi connectivity index (χ4v) is 19.0. The maximum absolute atomic E-state index is 3.14. The molecular weight excluding hydrogens is 752 g/mol. The van der Waals surface area contributed by atoms with Crippen molar-refractivity contribution in [2.24, 2.45) is 11.3 Å². The third kappa shape index (κ3) is 6.96. The number of benzene rings is 6. The van der Waals surface area contributed by atoms with E-state index >= 15 is 0 Å². The summed E-state index contributed by atoms with van der Waals surface area (Å²) in [4.78, 5) is 0. The van der Waals surface area contributed by atoms with Gasteiger partial charge in [0.05, 0.1) is 0 Å². The average Bonchev–Trinajstić information content (AvgIpc) is 3.76. The van der Waals surface area contributed by atoms with E-state index in [0.29, 0.717) is 5.92 Å². The summed E-state index contributed by atoms with van der Waals surface area (Å²) in [5, 5.41) is 0. The summed E-state index contributed by atoms with van der Waals surface area (Å²) in [6.45, 7) is 23.3. The normalized spacial score (nSPS) is 14.6. The Hall–Kier alpha value is -4.45. The Bertz CT molecular complexity index is 2520. The number of hydrogen-bond donors (Lipinski definition) is 0. The molecule has 0 amide bonds. The molecule has 0 saturated carbocycles. The van der Waals surface area contributed by atoms with Gasteiger partial charge in [-0.3, -0.25) is 0 Å². The van der Waals surface area contributed by atoms with Crippen molar-refractivity contribution >= 4 is 6.48 Å². The quantitative estimate of drug-likeness (QED) is 0.150. The molecule has 280 valence electrons. The summed E-state index contributed by atoms with van der Waals surface area (Å²) >= 11 is -3.14. The van der Waals surface area contributed by atoms with Crippen LogP contribution in [0.1, 0.15) is 89.8 Å². The van der Waals surface area contributed by atoms with Crippen LogP contribution in [0.15, 0.2) is 136 Å². The third-order valence-electron chi connectivity index (χ3n) is 12.3. The monoisotopic (exact) mass is 806 g/mol. The molecule has 0 N–H and O–H groups in total. The summed E-state index contributed by atoms with van der Waals surface area (Å²) in [6, 6.07) is 44.7. The predicted molar refractivity (Wildman–Crippen MR) is 239 cm³/mol. The van der Waals surface area contributed by atoms with Crippen molar-refractivity contribution in [2.45, 2.75) is 82.1 Å². The molecule has 0 bridgehead atoms. The topological polar surface area (TPSA) is 0 Å². The molecule has 2 aliphatic carbocycles. The second-order valence-corrected chi connectivity index (χ2v) is 23.3. The summed E-state index contributed by atoms with van der Waals surface area (Å²) in [7, 11) is 0. The maximum atomic E-state index is 2.69. The van der Waals surface area contributed by atoms with Crippen LogP contribution >= 0.6 is 0 Å². The van der Waals surface area contributed by atoms with E-state index in [2.05, 4.69) is 197 Å². The van der Waals surface area contributed by atoms with Crippen molar-refractivity contribution in [3.05, 3.63) is 192 Å². The molecule has 56 heavy (non-hydrogen) atoms. The zero-order valence-corrected chi connectivity index (χ0v) is 37.6. The van der Waals surface area contributed by atoms with Crippen LogP contribution in [0.3, 0.4) is 0 Å². The van der Waals surface area contributed by atoms with Crippen molar-refractivity contribution in [1.29, 1.82) is 0 Å². The van der Waals surface area contributed by atoms with E-state index in [1.807, 2.05) is 0 Å². The van der Waals surface area contributed by atoms with E-state index in [-0.39, 0.29) is 5.41 Å². The van der Waals surface area contributed by atoms with Gasteiger partial charge >= 0.3 is 346 Å². The zero-order valence-electron chi connectivity index (χ0n) is 35.1. The first-order valence-electron chi connectivity index (χ1n) is 20.6. The van der Waals surface area contributed by atoms with E-state index in [4.69, 9.17) is 0 Å². The van der Waals surface area contributed by atoms with Gasteiger partial charge in [-0.25, -0.2) is 0 Å². The summed E-state index contributed by atoms with van der Waals surface area (Å²) < 4.78 is 4.96. The molecule has 6 aromatic rings. The van der Waals surface area contributed by atoms with Crippen LogP contribution in [0.2, 0.25) is 0 Å². The van der Waals surface area contributed by atoms with Gasteiger partial charge in [-0.15, -0.1) is 0 Å². The van der Waals surface area contributed by atoms with Crippen molar-refractivity contribution < 1.29 is 21.3 Å². The molecule has 1 atom stereocenters. The van der Waals surface area contributed by atoms with E-state index in [0.717, 1.165) is 12.8 Å². The molecule has 2 aliphatic rings. The van der Waals surface area contributed by atoms with E-state index in [1.54, 1.807) is 15.3 Å². The van der Waals surface area contributed by atoms with Crippen LogP contribution in [0.5, 0.6) is 0 Å². The Balaban J connectivity index is 1.50. The van der Waals surface area contributed by atoms with Crippen LogP contribution in [0, 0.1) is 52.9 Å². The molecule has 0 heterocycles. The number of fused-ring (bicyclic) bond motifs is 3. The first-order chi connectivity index (χ1) is 26.8. The molecule has 6 aromatic carbocycles. The Labute approximate surface area is 344 Å². The van der Waals surface area contributed by atoms with Gasteiger partial charge in [0.1, 0.15) is 0 Å². The number of hydrogen-bond acceptors (Lipinski definition) is 0. The van der Waals surface area contributed by atoms with Crippen molar-refractivity contribution in [2.75, 3.05) is 0 Å². The van der Waals surface area contributed by atoms with Crippen LogP contribution in [0.25, 0.3) is 33.4 Å². The molecule has 0 aromatic heterocycles. The van der Waals surface area contributed by atoms with Gasteiger partial charge in [-0.2, -0.15) is 0 Å². The van der Waals surface area contributed by atoms with Gasteiger partial charge < -0.3 is 0 Å². The molecule has 8 rings (SSSR count). The molecule has 0 saturated heterocycles. The minimum absolute atomic E-state index is 0.0770. The number of allylic oxidation sites excluding steroid dienone is 4. The molecule has 0 aliphatic heterocycles. The molecule has 0 spiro atoms. The molecular formula is C55H56Zr. The van der Waals surface area contributed by atoms with Gasteiger partial charge in [-0.1, -0.05) is 0 Å². The Morgan fingerprint density at radius 2 is 1.12 bits per heavy atom. The first kappa shape index (κ1) is 38.4. The summed E-state index contributed by atoms with van der Waals surface area (Å²) in [5.74, 6) is 0.424. The second-order valence-electron chi connectivity index (χ2n) is 17.6. The molecule has 0 fully saturated rings. The molecule has 1 heteroatoms. The first-order valence-corrected chi connectivity index (χ1v) is 24.3. The fraction of sp³-hybridized carbons (Fsp3) is 0.255. The molecule has 0 nitrogen and oxygen atoms in total. The van der Waals surface area contributed by atoms with Gasteiger partial charge in [0, 0.05) is 0 Å². The van der Waals surface area contributed by atoms with Crippen LogP contribution in [0.4, 0.5) is 0 Å². The van der Waals surface area contributed by atoms with Gasteiger partial charge in [0.15, 0.2) is 0 Å². The number of aryl methyl sites for hydroxylation is 6. The predicted octanol–water partition coefficient (Wildman–Crippen LogP) is 13.9. The van der Waals surface area contributed by atoms with E-state index in [9.17, 15) is 0 Å². The summed E-state index contributed by atoms with van der Waals surface area (Å²) in [6.07, 6.45) is 7.40. The SMILES string of the molecule is CCC1C=C(C(C)(C)C)C=[C]1[Zr](=[C](c1ccccc1)c1ccccc1)[c]1c(-c2c(C)cc(C)cc2C)ccc2c1Cc1cc(-c3c(C)cc(C)cc3C)ccc1-2. The second kappa shape index (κ2) is 15.1. The molecule has 1 unspecified atom stereocenters. The Morgan fingerprint density at radius 3 is 1.66 bits per heavy atom. The van der Waals surface area contributed by atoms with E-state index in [1.165, 1.54) is 89.0 Å². The zero-order chi connectivity index (χ0) is 39.5. The van der Waals surface area contributed by atoms with Crippen LogP contribution in [-0.2, 0) is 27.7 Å². The van der Waals surface area contributed by atoms with Crippen molar-refractivity contribution in [3.63, 3.8) is 0 Å². The van der Waals surface area contributed by atoms with Crippen molar-refractivity contribution in [1.82, 2.24) is 0 Å². The summed E-state index contributed by atoms with van der Waals surface area (Å²) in [5.41, 5.74) is 23.9. The Kier molecular flexibility index (Phi) is 10.4. The van der Waals surface area contributed by atoms with Gasteiger partial charge in [-0.05, 0) is 0 Å². The average molecular weight is 808 g/mol. The van der Waals surface area contributed by atoms with Crippen LogP contribution in [-0.4, -0.2) is 3.21 Å². The number of rotatable bonds is 7. The van der Waals surface area contributed by atoms with E-state index < -0.39 is 21.3 Å². The molecule has 0 radical (unpaired) electrons. The van der Waals surface area contributed by atoms with Gasteiger partial charge in [0.25, 0.3) is 0 Å².